The molecule has 23 heavy (non-hydrogen) atoms. The van der Waals surface area contributed by atoms with E-state index >= 15 is 0 Å². The third-order valence-electron chi connectivity index (χ3n) is 2.57. The topological polar surface area (TPSA) is 95.7 Å². The van der Waals surface area contributed by atoms with E-state index < -0.39 is 28.6 Å². The number of rotatable bonds is 6. The summed E-state index contributed by atoms with van der Waals surface area (Å²) in [5, 5.41) is 10.6. The van der Waals surface area contributed by atoms with Crippen LogP contribution in [0.15, 0.2) is 24.3 Å². The van der Waals surface area contributed by atoms with Crippen LogP contribution in [0.4, 0.5) is 5.69 Å². The normalized spacial score (nSPS) is 12.3. The van der Waals surface area contributed by atoms with Crippen molar-refractivity contribution < 1.29 is 24.0 Å². The summed E-state index contributed by atoms with van der Waals surface area (Å²) < 4.78 is 10.3. The molecule has 1 atom stereocenters. The molecule has 0 heterocycles. The van der Waals surface area contributed by atoms with Crippen LogP contribution in [0.2, 0.25) is 0 Å². The maximum absolute atomic E-state index is 12.0. The van der Waals surface area contributed by atoms with Crippen LogP contribution >= 0.6 is 11.6 Å². The molecule has 1 aromatic rings. The Labute approximate surface area is 138 Å². The molecule has 0 N–H and O–H groups in total. The summed E-state index contributed by atoms with van der Waals surface area (Å²) in [5.41, 5.74) is -0.643. The van der Waals surface area contributed by atoms with E-state index in [4.69, 9.17) is 21.1 Å². The molecule has 0 aliphatic rings. The highest BCUT2D eigenvalue weighted by atomic mass is 35.5. The predicted molar refractivity (Wildman–Crippen MR) is 83.5 cm³/mol. The van der Waals surface area contributed by atoms with Gasteiger partial charge < -0.3 is 9.47 Å². The van der Waals surface area contributed by atoms with E-state index in [2.05, 4.69) is 0 Å². The standard InChI is InChI=1S/C15H18ClNO6/c1-15(2,3)23-13(18)8-12(9-16)22-14(19)10-4-6-11(7-5-10)17(20)21/h4-7,12H,8-9H2,1-3H3/t12-/m1/s1. The number of non-ortho nitro benzene ring substituents is 1. The third-order valence-corrected chi connectivity index (χ3v) is 2.92. The molecule has 0 aliphatic carbocycles. The molecule has 0 bridgehead atoms. The first kappa shape index (κ1) is 18.9. The van der Waals surface area contributed by atoms with Gasteiger partial charge in [0.2, 0.25) is 0 Å². The van der Waals surface area contributed by atoms with E-state index in [1.807, 2.05) is 0 Å². The number of hydrogen-bond donors (Lipinski definition) is 0. The van der Waals surface area contributed by atoms with Gasteiger partial charge in [-0.25, -0.2) is 4.79 Å². The van der Waals surface area contributed by atoms with Gasteiger partial charge in [0.1, 0.15) is 11.7 Å². The van der Waals surface area contributed by atoms with Gasteiger partial charge in [-0.2, -0.15) is 0 Å². The molecular formula is C15H18ClNO6. The molecular weight excluding hydrogens is 326 g/mol. The molecule has 0 saturated heterocycles. The summed E-state index contributed by atoms with van der Waals surface area (Å²) in [6.07, 6.45) is -1.01. The summed E-state index contributed by atoms with van der Waals surface area (Å²) in [6, 6.07) is 4.94. The van der Waals surface area contributed by atoms with Crippen LogP contribution in [0.3, 0.4) is 0 Å². The monoisotopic (exact) mass is 343 g/mol. The number of alkyl halides is 1. The predicted octanol–water partition coefficient (Wildman–Crippen LogP) is 3.09. The van der Waals surface area contributed by atoms with Crippen LogP contribution in [-0.4, -0.2) is 34.4 Å². The Kier molecular flexibility index (Phi) is 6.50. The van der Waals surface area contributed by atoms with Crippen molar-refractivity contribution in [1.29, 1.82) is 0 Å². The molecule has 0 aromatic heterocycles. The highest BCUT2D eigenvalue weighted by Crippen LogP contribution is 2.15. The fourth-order valence-corrected chi connectivity index (χ4v) is 1.81. The molecule has 0 amide bonds. The average molecular weight is 344 g/mol. The maximum atomic E-state index is 12.0. The van der Waals surface area contributed by atoms with Crippen molar-refractivity contribution in [2.75, 3.05) is 5.88 Å². The Morgan fingerprint density at radius 2 is 1.83 bits per heavy atom. The van der Waals surface area contributed by atoms with Crippen LogP contribution in [0.1, 0.15) is 37.6 Å². The lowest BCUT2D eigenvalue weighted by Gasteiger charge is -2.21. The first-order chi connectivity index (χ1) is 10.6. The molecule has 0 spiro atoms. The molecule has 7 nitrogen and oxygen atoms in total. The van der Waals surface area contributed by atoms with Gasteiger partial charge in [-0.3, -0.25) is 14.9 Å². The van der Waals surface area contributed by atoms with E-state index in [-0.39, 0.29) is 23.6 Å². The number of carbonyl (C=O) groups excluding carboxylic acids is 2. The van der Waals surface area contributed by atoms with Crippen LogP contribution in [0.5, 0.6) is 0 Å². The number of halogens is 1. The minimum absolute atomic E-state index is 0.0715. The zero-order chi connectivity index (χ0) is 17.6. The van der Waals surface area contributed by atoms with E-state index in [0.29, 0.717) is 0 Å². The second-order valence-corrected chi connectivity index (χ2v) is 6.08. The Balaban J connectivity index is 2.66. The van der Waals surface area contributed by atoms with E-state index in [1.54, 1.807) is 20.8 Å². The molecule has 1 aromatic carbocycles. The molecule has 0 aliphatic heterocycles. The third kappa shape index (κ3) is 6.65. The molecule has 0 fully saturated rings. The number of nitro benzene ring substituents is 1. The van der Waals surface area contributed by atoms with Crippen LogP contribution in [0.25, 0.3) is 0 Å². The molecule has 0 unspecified atom stereocenters. The summed E-state index contributed by atoms with van der Waals surface area (Å²) in [7, 11) is 0. The number of hydrogen-bond acceptors (Lipinski definition) is 6. The molecule has 1 rings (SSSR count). The lowest BCUT2D eigenvalue weighted by Crippen LogP contribution is -2.29. The van der Waals surface area contributed by atoms with Gasteiger partial charge in [0, 0.05) is 12.1 Å². The number of benzene rings is 1. The van der Waals surface area contributed by atoms with Crippen molar-refractivity contribution in [1.82, 2.24) is 0 Å². The zero-order valence-electron chi connectivity index (χ0n) is 13.1. The lowest BCUT2D eigenvalue weighted by molar-refractivity contribution is -0.384. The molecule has 0 radical (unpaired) electrons. The van der Waals surface area contributed by atoms with Gasteiger partial charge in [-0.1, -0.05) is 0 Å². The number of nitrogens with zero attached hydrogens (tertiary/aromatic N) is 1. The highest BCUT2D eigenvalue weighted by Gasteiger charge is 2.23. The van der Waals surface area contributed by atoms with Crippen molar-refractivity contribution in [3.05, 3.63) is 39.9 Å². The van der Waals surface area contributed by atoms with Gasteiger partial charge in [0.05, 0.1) is 22.8 Å². The van der Waals surface area contributed by atoms with Gasteiger partial charge in [0.25, 0.3) is 5.69 Å². The summed E-state index contributed by atoms with van der Waals surface area (Å²) in [4.78, 5) is 33.7. The van der Waals surface area contributed by atoms with Crippen LogP contribution < -0.4 is 0 Å². The van der Waals surface area contributed by atoms with Crippen molar-refractivity contribution in [2.45, 2.75) is 38.9 Å². The van der Waals surface area contributed by atoms with E-state index in [1.165, 1.54) is 24.3 Å². The van der Waals surface area contributed by atoms with Gasteiger partial charge in [-0.15, -0.1) is 11.6 Å². The number of carbonyl (C=O) groups is 2. The smallest absolute Gasteiger partial charge is 0.338 e. The zero-order valence-corrected chi connectivity index (χ0v) is 13.8. The minimum atomic E-state index is -0.839. The minimum Gasteiger partial charge on any atom is -0.460 e. The highest BCUT2D eigenvalue weighted by molar-refractivity contribution is 6.18. The first-order valence-corrected chi connectivity index (χ1v) is 7.39. The Morgan fingerprint density at radius 1 is 1.26 bits per heavy atom. The van der Waals surface area contributed by atoms with Crippen molar-refractivity contribution in [3.8, 4) is 0 Å². The summed E-state index contributed by atoms with van der Waals surface area (Å²) in [6.45, 7) is 5.18. The number of ether oxygens (including phenoxy) is 2. The number of esters is 2. The van der Waals surface area contributed by atoms with E-state index in [0.717, 1.165) is 0 Å². The van der Waals surface area contributed by atoms with Crippen molar-refractivity contribution >= 4 is 29.2 Å². The van der Waals surface area contributed by atoms with Crippen molar-refractivity contribution in [3.63, 3.8) is 0 Å². The SMILES string of the molecule is CC(C)(C)OC(=O)C[C@H](CCl)OC(=O)c1ccc([N+](=O)[O-])cc1. The second-order valence-electron chi connectivity index (χ2n) is 5.78. The summed E-state index contributed by atoms with van der Waals surface area (Å²) >= 11 is 5.71. The Hall–Kier alpha value is -2.15. The largest absolute Gasteiger partial charge is 0.460 e. The average Bonchev–Trinajstić information content (AvgIpc) is 2.44. The van der Waals surface area contributed by atoms with Gasteiger partial charge in [0.15, 0.2) is 0 Å². The second kappa shape index (κ2) is 7.92. The van der Waals surface area contributed by atoms with E-state index in [9.17, 15) is 19.7 Å². The number of nitro groups is 1. The Morgan fingerprint density at radius 3 is 2.26 bits per heavy atom. The quantitative estimate of drug-likeness (QED) is 0.341. The molecule has 126 valence electrons. The van der Waals surface area contributed by atoms with Gasteiger partial charge in [-0.05, 0) is 32.9 Å². The van der Waals surface area contributed by atoms with Gasteiger partial charge >= 0.3 is 11.9 Å². The fraction of sp³-hybridized carbons (Fsp3) is 0.467. The molecule has 0 saturated carbocycles. The van der Waals surface area contributed by atoms with Crippen LogP contribution in [-0.2, 0) is 14.3 Å². The Bertz CT molecular complexity index is 579. The van der Waals surface area contributed by atoms with Crippen molar-refractivity contribution in [2.24, 2.45) is 0 Å². The lowest BCUT2D eigenvalue weighted by atomic mass is 10.2. The van der Waals surface area contributed by atoms with Crippen LogP contribution in [0, 0.1) is 10.1 Å². The molecule has 8 heteroatoms. The first-order valence-electron chi connectivity index (χ1n) is 6.85. The summed E-state index contributed by atoms with van der Waals surface area (Å²) in [5.74, 6) is -1.31. The maximum Gasteiger partial charge on any atom is 0.338 e. The fourth-order valence-electron chi connectivity index (χ4n) is 1.64.